The van der Waals surface area contributed by atoms with Crippen LogP contribution in [0.5, 0.6) is 0 Å². The monoisotopic (exact) mass is 328 g/mol. The first-order valence-corrected chi connectivity index (χ1v) is 9.05. The normalized spacial score (nSPS) is 16.5. The zero-order valence-corrected chi connectivity index (χ0v) is 14.7. The molecular weight excluding hydrogens is 296 g/mol. The summed E-state index contributed by atoms with van der Waals surface area (Å²) in [7, 11) is 0. The number of carbonyl (C=O) groups excluding carboxylic acids is 2. The third-order valence-electron chi connectivity index (χ3n) is 4.24. The van der Waals surface area contributed by atoms with E-state index >= 15 is 0 Å². The van der Waals surface area contributed by atoms with Crippen molar-refractivity contribution in [3.8, 4) is 0 Å². The smallest absolute Gasteiger partial charge is 0.465 e. The molecule has 1 heterocycles. The average Bonchev–Trinajstić information content (AvgIpc) is 2.55. The van der Waals surface area contributed by atoms with Crippen LogP contribution in [-0.2, 0) is 19.0 Å². The molecule has 1 aliphatic heterocycles. The fourth-order valence-corrected chi connectivity index (χ4v) is 2.57. The molecule has 23 heavy (non-hydrogen) atoms. The summed E-state index contributed by atoms with van der Waals surface area (Å²) in [5.74, 6) is -0.346. The van der Waals surface area contributed by atoms with E-state index in [2.05, 4.69) is 6.92 Å². The minimum Gasteiger partial charge on any atom is -0.465 e. The molecule has 0 saturated carbocycles. The molecule has 0 aromatic heterocycles. The Kier molecular flexibility index (Phi) is 9.72. The highest BCUT2D eigenvalue weighted by molar-refractivity contribution is 5.78. The van der Waals surface area contributed by atoms with Gasteiger partial charge in [-0.15, -0.1) is 0 Å². The van der Waals surface area contributed by atoms with Gasteiger partial charge in [-0.3, -0.25) is 4.79 Å². The lowest BCUT2D eigenvalue weighted by atomic mass is 9.93. The van der Waals surface area contributed by atoms with E-state index in [1.165, 1.54) is 51.4 Å². The van der Waals surface area contributed by atoms with Gasteiger partial charge in [0.2, 0.25) is 0 Å². The van der Waals surface area contributed by atoms with Gasteiger partial charge < -0.3 is 14.2 Å². The van der Waals surface area contributed by atoms with Gasteiger partial charge in [0.15, 0.2) is 0 Å². The fraction of sp³-hybridized carbons (Fsp3) is 0.889. The summed E-state index contributed by atoms with van der Waals surface area (Å²) in [5.41, 5.74) is -0.869. The van der Waals surface area contributed by atoms with E-state index in [0.29, 0.717) is 6.61 Å². The summed E-state index contributed by atoms with van der Waals surface area (Å²) in [6, 6.07) is 0. The van der Waals surface area contributed by atoms with Crippen LogP contribution in [0.3, 0.4) is 0 Å². The van der Waals surface area contributed by atoms with E-state index in [4.69, 9.17) is 14.2 Å². The van der Waals surface area contributed by atoms with Gasteiger partial charge in [0.05, 0.1) is 6.61 Å². The van der Waals surface area contributed by atoms with Crippen LogP contribution < -0.4 is 0 Å². The Labute approximate surface area is 140 Å². The zero-order valence-electron chi connectivity index (χ0n) is 14.7. The Hall–Kier alpha value is -1.26. The highest BCUT2D eigenvalue weighted by Crippen LogP contribution is 2.24. The Morgan fingerprint density at radius 3 is 1.96 bits per heavy atom. The molecule has 1 rings (SSSR count). The standard InChI is InChI=1S/C18H32O5/c1-3-4-5-6-7-8-9-10-11-12-13-21-16(19)18(2)14-22-17(20)23-15-18/h3-15H2,1-2H3. The minimum absolute atomic E-state index is 0.0305. The van der Waals surface area contributed by atoms with Crippen LogP contribution in [0.2, 0.25) is 0 Å². The summed E-state index contributed by atoms with van der Waals surface area (Å²) in [4.78, 5) is 22.8. The van der Waals surface area contributed by atoms with Crippen LogP contribution in [0, 0.1) is 5.41 Å². The first-order valence-electron chi connectivity index (χ1n) is 9.05. The summed E-state index contributed by atoms with van der Waals surface area (Å²) >= 11 is 0. The molecule has 0 aromatic carbocycles. The van der Waals surface area contributed by atoms with Crippen molar-refractivity contribution < 1.29 is 23.8 Å². The molecule has 0 unspecified atom stereocenters. The summed E-state index contributed by atoms with van der Waals surface area (Å²) in [6.45, 7) is 4.42. The molecule has 0 bridgehead atoms. The molecule has 0 radical (unpaired) electrons. The summed E-state index contributed by atoms with van der Waals surface area (Å²) in [6.07, 6.45) is 11.7. The number of hydrogen-bond donors (Lipinski definition) is 0. The predicted octanol–water partition coefficient (Wildman–Crippen LogP) is 4.62. The molecule has 0 N–H and O–H groups in total. The van der Waals surface area contributed by atoms with Gasteiger partial charge in [-0.05, 0) is 13.3 Å². The topological polar surface area (TPSA) is 61.8 Å². The lowest BCUT2D eigenvalue weighted by molar-refractivity contribution is -0.166. The number of hydrogen-bond acceptors (Lipinski definition) is 5. The van der Waals surface area contributed by atoms with Gasteiger partial charge in [0.1, 0.15) is 18.6 Å². The predicted molar refractivity (Wildman–Crippen MR) is 88.2 cm³/mol. The van der Waals surface area contributed by atoms with Crippen molar-refractivity contribution in [1.82, 2.24) is 0 Å². The van der Waals surface area contributed by atoms with Gasteiger partial charge in [0, 0.05) is 0 Å². The Morgan fingerprint density at radius 2 is 1.43 bits per heavy atom. The molecule has 1 fully saturated rings. The summed E-state index contributed by atoms with van der Waals surface area (Å²) < 4.78 is 14.8. The fourth-order valence-electron chi connectivity index (χ4n) is 2.57. The van der Waals surface area contributed by atoms with Crippen LogP contribution in [0.1, 0.15) is 78.1 Å². The first-order chi connectivity index (χ1) is 11.1. The molecule has 0 atom stereocenters. The summed E-state index contributed by atoms with van der Waals surface area (Å²) in [5, 5.41) is 0. The van der Waals surface area contributed by atoms with Crippen molar-refractivity contribution in [3.05, 3.63) is 0 Å². The maximum absolute atomic E-state index is 12.0. The number of rotatable bonds is 12. The molecule has 1 aliphatic rings. The van der Waals surface area contributed by atoms with Crippen molar-refractivity contribution in [1.29, 1.82) is 0 Å². The van der Waals surface area contributed by atoms with Gasteiger partial charge in [0.25, 0.3) is 0 Å². The van der Waals surface area contributed by atoms with E-state index in [1.54, 1.807) is 6.92 Å². The Bertz CT molecular complexity index is 343. The Morgan fingerprint density at radius 1 is 0.957 bits per heavy atom. The highest BCUT2D eigenvalue weighted by Gasteiger charge is 2.41. The van der Waals surface area contributed by atoms with E-state index in [9.17, 15) is 9.59 Å². The van der Waals surface area contributed by atoms with Crippen LogP contribution in [0.4, 0.5) is 4.79 Å². The first kappa shape index (κ1) is 19.8. The number of cyclic esters (lactones) is 2. The quantitative estimate of drug-likeness (QED) is 0.386. The second kappa shape index (κ2) is 11.3. The van der Waals surface area contributed by atoms with Crippen molar-refractivity contribution in [3.63, 3.8) is 0 Å². The lowest BCUT2D eigenvalue weighted by Gasteiger charge is -2.29. The molecule has 1 saturated heterocycles. The molecular formula is C18H32O5. The van der Waals surface area contributed by atoms with Gasteiger partial charge in [-0.1, -0.05) is 64.7 Å². The van der Waals surface area contributed by atoms with Crippen molar-refractivity contribution in [2.24, 2.45) is 5.41 Å². The molecule has 5 heteroatoms. The van der Waals surface area contributed by atoms with Gasteiger partial charge in [-0.25, -0.2) is 4.79 Å². The van der Waals surface area contributed by atoms with Gasteiger partial charge in [-0.2, -0.15) is 0 Å². The Balaban J connectivity index is 1.94. The molecule has 0 spiro atoms. The van der Waals surface area contributed by atoms with E-state index in [-0.39, 0.29) is 19.2 Å². The molecule has 0 aromatic rings. The lowest BCUT2D eigenvalue weighted by Crippen LogP contribution is -2.44. The maximum atomic E-state index is 12.0. The van der Waals surface area contributed by atoms with Crippen LogP contribution in [0.15, 0.2) is 0 Å². The number of esters is 1. The zero-order chi connectivity index (χ0) is 17.0. The second-order valence-electron chi connectivity index (χ2n) is 6.71. The van der Waals surface area contributed by atoms with Gasteiger partial charge >= 0.3 is 12.1 Å². The van der Waals surface area contributed by atoms with Crippen LogP contribution >= 0.6 is 0 Å². The number of ether oxygens (including phenoxy) is 3. The molecule has 0 amide bonds. The molecule has 5 nitrogen and oxygen atoms in total. The van der Waals surface area contributed by atoms with Crippen molar-refractivity contribution in [2.75, 3.05) is 19.8 Å². The molecule has 134 valence electrons. The van der Waals surface area contributed by atoms with E-state index < -0.39 is 11.6 Å². The average molecular weight is 328 g/mol. The SMILES string of the molecule is CCCCCCCCCCCCOC(=O)C1(C)COC(=O)OC1. The molecule has 0 aliphatic carbocycles. The second-order valence-corrected chi connectivity index (χ2v) is 6.71. The minimum atomic E-state index is -0.869. The highest BCUT2D eigenvalue weighted by atomic mass is 16.7. The third-order valence-corrected chi connectivity index (χ3v) is 4.24. The van der Waals surface area contributed by atoms with Crippen molar-refractivity contribution in [2.45, 2.75) is 78.1 Å². The van der Waals surface area contributed by atoms with Crippen LogP contribution in [-0.4, -0.2) is 31.9 Å². The van der Waals surface area contributed by atoms with E-state index in [0.717, 1.165) is 12.8 Å². The third kappa shape index (κ3) is 8.24. The number of unbranched alkanes of at least 4 members (excludes halogenated alkanes) is 9. The van der Waals surface area contributed by atoms with Crippen molar-refractivity contribution >= 4 is 12.1 Å². The maximum Gasteiger partial charge on any atom is 0.508 e. The largest absolute Gasteiger partial charge is 0.508 e. The number of carbonyl (C=O) groups is 2. The van der Waals surface area contributed by atoms with Crippen LogP contribution in [0.25, 0.3) is 0 Å². The van der Waals surface area contributed by atoms with E-state index in [1.807, 2.05) is 0 Å².